The normalized spacial score (nSPS) is 11.6. The Bertz CT molecular complexity index is 919. The van der Waals surface area contributed by atoms with Crippen molar-refractivity contribution in [2.75, 3.05) is 11.6 Å². The van der Waals surface area contributed by atoms with Crippen LogP contribution in [0.5, 0.6) is 0 Å². The van der Waals surface area contributed by atoms with Crippen LogP contribution >= 0.6 is 0 Å². The highest BCUT2D eigenvalue weighted by atomic mass is 32.2. The molecule has 0 saturated heterocycles. The second-order valence-electron chi connectivity index (χ2n) is 4.76. The van der Waals surface area contributed by atoms with Crippen LogP contribution in [0.1, 0.15) is 5.89 Å². The first-order valence-corrected chi connectivity index (χ1v) is 8.42. The summed E-state index contributed by atoms with van der Waals surface area (Å²) in [5, 5.41) is 6.47. The quantitative estimate of drug-likeness (QED) is 0.714. The lowest BCUT2D eigenvalue weighted by Gasteiger charge is -2.07. The van der Waals surface area contributed by atoms with E-state index in [0.29, 0.717) is 5.76 Å². The summed E-state index contributed by atoms with van der Waals surface area (Å²) in [4.78, 5) is 4.11. The minimum absolute atomic E-state index is 0.0169. The third-order valence-corrected chi connectivity index (χ3v) is 4.12. The molecule has 3 rings (SSSR count). The Balaban J connectivity index is 1.76. The first kappa shape index (κ1) is 15.2. The summed E-state index contributed by atoms with van der Waals surface area (Å²) >= 11 is 0. The van der Waals surface area contributed by atoms with Crippen molar-refractivity contribution >= 4 is 15.5 Å². The van der Waals surface area contributed by atoms with Gasteiger partial charge >= 0.3 is 0 Å². The van der Waals surface area contributed by atoms with Crippen LogP contribution in [0.25, 0.3) is 11.6 Å². The first-order chi connectivity index (χ1) is 10.9. The number of hydrogen-bond donors (Lipinski definition) is 1. The second kappa shape index (κ2) is 5.84. The highest BCUT2D eigenvalue weighted by molar-refractivity contribution is 7.90. The van der Waals surface area contributed by atoms with Crippen molar-refractivity contribution < 1.29 is 21.7 Å². The Morgan fingerprint density at radius 1 is 1.30 bits per heavy atom. The molecule has 0 saturated carbocycles. The fourth-order valence-corrected chi connectivity index (χ4v) is 2.52. The number of aromatic nitrogens is 2. The number of anilines is 1. The number of rotatable bonds is 5. The van der Waals surface area contributed by atoms with Gasteiger partial charge in [-0.25, -0.2) is 12.8 Å². The highest BCUT2D eigenvalue weighted by Crippen LogP contribution is 2.21. The molecule has 0 aliphatic heterocycles. The molecule has 23 heavy (non-hydrogen) atoms. The Kier molecular flexibility index (Phi) is 3.87. The third kappa shape index (κ3) is 3.39. The van der Waals surface area contributed by atoms with Crippen LogP contribution < -0.4 is 5.32 Å². The van der Waals surface area contributed by atoms with Crippen LogP contribution in [-0.4, -0.2) is 24.8 Å². The molecule has 2 heterocycles. The van der Waals surface area contributed by atoms with Crippen LogP contribution in [0.2, 0.25) is 0 Å². The maximum atomic E-state index is 13.8. The summed E-state index contributed by atoms with van der Waals surface area (Å²) in [6, 6.07) is 6.87. The smallest absolute Gasteiger partial charge is 0.246 e. The fourth-order valence-electron chi connectivity index (χ4n) is 1.87. The Morgan fingerprint density at radius 2 is 2.13 bits per heavy atom. The predicted molar refractivity (Wildman–Crippen MR) is 78.8 cm³/mol. The average Bonchev–Trinajstić information content (AvgIpc) is 3.16. The molecular weight excluding hydrogens is 325 g/mol. The summed E-state index contributed by atoms with van der Waals surface area (Å²) in [7, 11) is -3.42. The number of halogens is 1. The molecule has 0 bridgehead atoms. The number of nitrogens with zero attached hydrogens (tertiary/aromatic N) is 2. The number of nitrogens with one attached hydrogen (secondary N) is 1. The van der Waals surface area contributed by atoms with Gasteiger partial charge in [0.1, 0.15) is 5.82 Å². The van der Waals surface area contributed by atoms with E-state index in [2.05, 4.69) is 15.5 Å². The van der Waals surface area contributed by atoms with Crippen molar-refractivity contribution in [2.24, 2.45) is 0 Å². The summed E-state index contributed by atoms with van der Waals surface area (Å²) in [5.41, 5.74) is 0.0330. The molecule has 3 aromatic rings. The van der Waals surface area contributed by atoms with E-state index in [1.54, 1.807) is 12.1 Å². The summed E-state index contributed by atoms with van der Waals surface area (Å²) < 4.78 is 46.9. The minimum Gasteiger partial charge on any atom is -0.461 e. The van der Waals surface area contributed by atoms with Crippen molar-refractivity contribution in [2.45, 2.75) is 11.4 Å². The van der Waals surface area contributed by atoms with E-state index in [0.717, 1.165) is 12.3 Å². The van der Waals surface area contributed by atoms with Crippen molar-refractivity contribution in [1.29, 1.82) is 0 Å². The molecule has 0 atom stereocenters. The monoisotopic (exact) mass is 337 g/mol. The number of sulfone groups is 1. The van der Waals surface area contributed by atoms with Gasteiger partial charge in [0.2, 0.25) is 11.7 Å². The van der Waals surface area contributed by atoms with Gasteiger partial charge in [-0.15, -0.1) is 0 Å². The Hall–Kier alpha value is -2.68. The van der Waals surface area contributed by atoms with Crippen molar-refractivity contribution in [3.63, 3.8) is 0 Å². The van der Waals surface area contributed by atoms with Gasteiger partial charge in [0.15, 0.2) is 15.6 Å². The highest BCUT2D eigenvalue weighted by Gasteiger charge is 2.13. The zero-order chi connectivity index (χ0) is 16.4. The molecule has 1 N–H and O–H groups in total. The van der Waals surface area contributed by atoms with E-state index in [1.165, 1.54) is 18.4 Å². The molecule has 0 aliphatic carbocycles. The maximum absolute atomic E-state index is 13.8. The Labute approximate surface area is 131 Å². The van der Waals surface area contributed by atoms with Crippen LogP contribution in [-0.2, 0) is 16.4 Å². The standard InChI is InChI=1S/C14H12FN3O4S/c1-23(19,20)9-4-5-10(15)11(7-9)16-8-13-17-14(18-22-13)12-3-2-6-21-12/h2-7,16H,8H2,1H3. The topological polar surface area (TPSA) is 98.2 Å². The summed E-state index contributed by atoms with van der Waals surface area (Å²) in [6.45, 7) is 0.0395. The average molecular weight is 337 g/mol. The molecule has 1 aromatic carbocycles. The van der Waals surface area contributed by atoms with Crippen molar-refractivity contribution in [3.8, 4) is 11.6 Å². The molecule has 7 nitrogen and oxygen atoms in total. The van der Waals surface area contributed by atoms with Gasteiger partial charge in [0, 0.05) is 6.26 Å². The number of hydrogen-bond acceptors (Lipinski definition) is 7. The zero-order valence-electron chi connectivity index (χ0n) is 12.0. The molecule has 0 fully saturated rings. The Morgan fingerprint density at radius 3 is 2.83 bits per heavy atom. The van der Waals surface area contributed by atoms with E-state index in [-0.39, 0.29) is 28.8 Å². The lowest BCUT2D eigenvalue weighted by atomic mass is 10.3. The molecule has 9 heteroatoms. The molecular formula is C14H12FN3O4S. The van der Waals surface area contributed by atoms with Gasteiger partial charge in [-0.2, -0.15) is 4.98 Å². The van der Waals surface area contributed by atoms with Gasteiger partial charge < -0.3 is 14.3 Å². The van der Waals surface area contributed by atoms with Crippen LogP contribution in [0.15, 0.2) is 50.4 Å². The fraction of sp³-hybridized carbons (Fsp3) is 0.143. The van der Waals surface area contributed by atoms with Gasteiger partial charge in [-0.1, -0.05) is 5.16 Å². The minimum atomic E-state index is -3.42. The van der Waals surface area contributed by atoms with Crippen LogP contribution in [0, 0.1) is 5.82 Å². The lowest BCUT2D eigenvalue weighted by molar-refractivity contribution is 0.382. The molecule has 120 valence electrons. The van der Waals surface area contributed by atoms with E-state index < -0.39 is 15.7 Å². The molecule has 2 aromatic heterocycles. The summed E-state index contributed by atoms with van der Waals surface area (Å²) in [6.07, 6.45) is 2.54. The van der Waals surface area contributed by atoms with E-state index >= 15 is 0 Å². The molecule has 0 aliphatic rings. The van der Waals surface area contributed by atoms with E-state index in [1.807, 2.05) is 0 Å². The van der Waals surface area contributed by atoms with Crippen LogP contribution in [0.4, 0.5) is 10.1 Å². The van der Waals surface area contributed by atoms with Crippen molar-refractivity contribution in [1.82, 2.24) is 10.1 Å². The lowest BCUT2D eigenvalue weighted by Crippen LogP contribution is -2.04. The van der Waals surface area contributed by atoms with Crippen LogP contribution in [0.3, 0.4) is 0 Å². The SMILES string of the molecule is CS(=O)(=O)c1ccc(F)c(NCc2nc(-c3ccco3)no2)c1. The molecule has 0 spiro atoms. The molecule has 0 amide bonds. The summed E-state index contributed by atoms with van der Waals surface area (Å²) in [5.74, 6) is 0.353. The predicted octanol–water partition coefficient (Wildman–Crippen LogP) is 2.48. The first-order valence-electron chi connectivity index (χ1n) is 6.53. The second-order valence-corrected chi connectivity index (χ2v) is 6.77. The zero-order valence-corrected chi connectivity index (χ0v) is 12.8. The number of furan rings is 1. The van der Waals surface area contributed by atoms with Gasteiger partial charge in [0.05, 0.1) is 23.4 Å². The van der Waals surface area contributed by atoms with Gasteiger partial charge in [0.25, 0.3) is 0 Å². The van der Waals surface area contributed by atoms with E-state index in [4.69, 9.17) is 8.94 Å². The van der Waals surface area contributed by atoms with E-state index in [9.17, 15) is 12.8 Å². The molecule has 0 radical (unpaired) electrons. The van der Waals surface area contributed by atoms with Crippen molar-refractivity contribution in [3.05, 3.63) is 48.3 Å². The third-order valence-electron chi connectivity index (χ3n) is 3.01. The van der Waals surface area contributed by atoms with Gasteiger partial charge in [-0.05, 0) is 30.3 Å². The maximum Gasteiger partial charge on any atom is 0.246 e. The number of benzene rings is 1. The molecule has 0 unspecified atom stereocenters. The van der Waals surface area contributed by atoms with Gasteiger partial charge in [-0.3, -0.25) is 0 Å². The largest absolute Gasteiger partial charge is 0.461 e.